The van der Waals surface area contributed by atoms with Crippen molar-refractivity contribution in [2.75, 3.05) is 13.1 Å². The van der Waals surface area contributed by atoms with E-state index in [0.717, 1.165) is 0 Å². The summed E-state index contributed by atoms with van der Waals surface area (Å²) in [7, 11) is 0. The molecular formula is C10H16N2O8. The average molecular weight is 296 g/mol. The molecule has 0 atom stereocenters. The van der Waals surface area contributed by atoms with Crippen molar-refractivity contribution in [3.63, 3.8) is 0 Å². The molecule has 0 radical (unpaired) electrons. The monoisotopic (exact) mass is 296 g/mol. The van der Waals surface area contributed by atoms with E-state index in [1.54, 1.807) is 0 Å². The Balaban J connectivity index is -0.000000276. The molecular weight excluding hydrogens is 276 g/mol. The maximum Gasteiger partial charge on any atom is 0.328 e. The van der Waals surface area contributed by atoms with Crippen LogP contribution in [0.15, 0.2) is 24.3 Å². The number of hydrogen-bond donors (Lipinski definition) is 6. The van der Waals surface area contributed by atoms with E-state index in [0.29, 0.717) is 35.7 Å². The van der Waals surface area contributed by atoms with Gasteiger partial charge in [-0.1, -0.05) is 0 Å². The summed E-state index contributed by atoms with van der Waals surface area (Å²) in [6, 6.07) is 0. The minimum Gasteiger partial charge on any atom is -0.478 e. The summed E-state index contributed by atoms with van der Waals surface area (Å²) < 4.78 is 25.9. The largest absolute Gasteiger partial charge is 0.478 e. The third-order valence-electron chi connectivity index (χ3n) is 0.837. The SMILES string of the molecule is O=C(O)/C=C\C(=O)O.O=C(O)/C=C\C(=O)O.[2H]N([2H])CCN([2H])[2H]. The second kappa shape index (κ2) is 16.3. The summed E-state index contributed by atoms with van der Waals surface area (Å²) in [4.78, 5) is 38.2. The molecule has 0 heterocycles. The lowest BCUT2D eigenvalue weighted by molar-refractivity contribution is -0.134. The van der Waals surface area contributed by atoms with E-state index in [1.807, 2.05) is 0 Å². The van der Waals surface area contributed by atoms with Gasteiger partial charge in [0, 0.05) is 37.4 Å². The van der Waals surface area contributed by atoms with Crippen molar-refractivity contribution in [1.82, 2.24) is 0 Å². The van der Waals surface area contributed by atoms with Crippen molar-refractivity contribution < 1.29 is 45.3 Å². The van der Waals surface area contributed by atoms with E-state index in [4.69, 9.17) is 26.1 Å². The molecule has 0 rings (SSSR count). The van der Waals surface area contributed by atoms with Gasteiger partial charge in [-0.15, -0.1) is 0 Å². The molecule has 0 aromatic rings. The number of nitrogens with two attached hydrogens (primary N) is 2. The lowest BCUT2D eigenvalue weighted by Gasteiger charge is -1.74. The molecule has 114 valence electrons. The zero-order valence-corrected chi connectivity index (χ0v) is 10.0. The van der Waals surface area contributed by atoms with Crippen LogP contribution in [-0.2, 0) is 19.2 Å². The zero-order valence-electron chi connectivity index (χ0n) is 14.0. The van der Waals surface area contributed by atoms with Crippen LogP contribution in [0.4, 0.5) is 0 Å². The lowest BCUT2D eigenvalue weighted by atomic mass is 10.5. The van der Waals surface area contributed by atoms with Crippen molar-refractivity contribution >= 4 is 23.9 Å². The maximum atomic E-state index is 9.55. The van der Waals surface area contributed by atoms with Crippen molar-refractivity contribution in [3.8, 4) is 0 Å². The molecule has 0 aliphatic rings. The van der Waals surface area contributed by atoms with Gasteiger partial charge in [-0.3, -0.25) is 0 Å². The van der Waals surface area contributed by atoms with Gasteiger partial charge >= 0.3 is 23.9 Å². The minimum absolute atomic E-state index is 0.104. The lowest BCUT2D eigenvalue weighted by Crippen LogP contribution is -2.11. The molecule has 0 bridgehead atoms. The van der Waals surface area contributed by atoms with E-state index in [2.05, 4.69) is 0 Å². The van der Waals surface area contributed by atoms with Crippen LogP contribution < -0.4 is 11.4 Å². The highest BCUT2D eigenvalue weighted by molar-refractivity contribution is 5.90. The molecule has 20 heavy (non-hydrogen) atoms. The molecule has 0 amide bonds. The fourth-order valence-corrected chi connectivity index (χ4v) is 0.285. The van der Waals surface area contributed by atoms with Crippen molar-refractivity contribution in [1.29, 1.82) is 0 Å². The van der Waals surface area contributed by atoms with E-state index in [1.165, 1.54) is 0 Å². The van der Waals surface area contributed by atoms with Gasteiger partial charge in [0.1, 0.15) is 5.65 Å². The number of carboxylic acids is 4. The Morgan fingerprint density at radius 3 is 1.00 bits per heavy atom. The normalized spacial score (nSPS) is 12.3. The maximum absolute atomic E-state index is 9.55. The zero-order chi connectivity index (χ0) is 19.7. The molecule has 10 nitrogen and oxygen atoms in total. The topological polar surface area (TPSA) is 201 Å². The molecule has 0 unspecified atom stereocenters. The van der Waals surface area contributed by atoms with Crippen LogP contribution >= 0.6 is 0 Å². The first-order valence-electron chi connectivity index (χ1n) is 6.45. The number of carbonyl (C=O) groups is 4. The van der Waals surface area contributed by atoms with Crippen LogP contribution in [0.5, 0.6) is 0 Å². The van der Waals surface area contributed by atoms with Gasteiger partial charge in [0.2, 0.25) is 0 Å². The van der Waals surface area contributed by atoms with Crippen LogP contribution in [0.25, 0.3) is 0 Å². The third-order valence-corrected chi connectivity index (χ3v) is 0.837. The number of carboxylic acid groups (broad SMARTS) is 4. The van der Waals surface area contributed by atoms with Crippen LogP contribution in [0.2, 0.25) is 5.65 Å². The number of aliphatic carboxylic acids is 4. The Morgan fingerprint density at radius 2 is 0.900 bits per heavy atom. The van der Waals surface area contributed by atoms with Gasteiger partial charge in [-0.2, -0.15) is 0 Å². The molecule has 8 N–H and O–H groups in total. The van der Waals surface area contributed by atoms with Gasteiger partial charge in [-0.25, -0.2) is 19.2 Å². The molecule has 0 aromatic heterocycles. The molecule has 0 saturated carbocycles. The van der Waals surface area contributed by atoms with Gasteiger partial charge in [-0.05, 0) is 0 Å². The standard InChI is InChI=1S/2C4H4O4.C2H8N2/c2*5-3(6)1-2-4(7)8;3-1-2-4/h2*1-2H,(H,5,6)(H,7,8);1-4H2/b2*2-1-;/i/hD4. The van der Waals surface area contributed by atoms with Crippen molar-refractivity contribution in [2.24, 2.45) is 11.4 Å². The second-order valence-electron chi connectivity index (χ2n) is 2.47. The summed E-state index contributed by atoms with van der Waals surface area (Å²) >= 11 is 0. The van der Waals surface area contributed by atoms with Crippen LogP contribution in [0, 0.1) is 0 Å². The third kappa shape index (κ3) is 45.4. The van der Waals surface area contributed by atoms with E-state index < -0.39 is 23.9 Å². The van der Waals surface area contributed by atoms with Gasteiger partial charge in [0.15, 0.2) is 0 Å². The first-order chi connectivity index (χ1) is 10.9. The Labute approximate surface area is 119 Å². The quantitative estimate of drug-likeness (QED) is 0.295. The Kier molecular flexibility index (Phi) is 11.2. The van der Waals surface area contributed by atoms with E-state index in [9.17, 15) is 19.2 Å². The number of rotatable bonds is 7. The molecule has 0 fully saturated rings. The fourth-order valence-electron chi connectivity index (χ4n) is 0.285. The molecule has 0 aliphatic carbocycles. The summed E-state index contributed by atoms with van der Waals surface area (Å²) in [5.74, 6) is -5.03. The molecule has 0 aliphatic heterocycles. The molecule has 0 spiro atoms. The highest BCUT2D eigenvalue weighted by atomic mass is 16.4. The molecule has 0 aromatic carbocycles. The van der Waals surface area contributed by atoms with Crippen LogP contribution in [0.1, 0.15) is 0 Å². The number of hydrogen-bond acceptors (Lipinski definition) is 6. The summed E-state index contributed by atoms with van der Waals surface area (Å²) in [6.07, 6.45) is 2.23. The predicted molar refractivity (Wildman–Crippen MR) is 66.9 cm³/mol. The average Bonchev–Trinajstić information content (AvgIpc) is 2.42. The van der Waals surface area contributed by atoms with Crippen molar-refractivity contribution in [2.45, 2.75) is 0 Å². The molecule has 10 heteroatoms. The first-order valence-corrected chi connectivity index (χ1v) is 4.66. The van der Waals surface area contributed by atoms with Gasteiger partial charge in [0.05, 0.1) is 0 Å². The van der Waals surface area contributed by atoms with Crippen LogP contribution in [0.3, 0.4) is 0 Å². The van der Waals surface area contributed by atoms with Crippen molar-refractivity contribution in [3.05, 3.63) is 24.3 Å². The Bertz CT molecular complexity index is 394. The second-order valence-corrected chi connectivity index (χ2v) is 2.47. The fraction of sp³-hybridized carbons (Fsp3) is 0.200. The first kappa shape index (κ1) is 13.7. The van der Waals surface area contributed by atoms with E-state index in [-0.39, 0.29) is 13.1 Å². The minimum atomic E-state index is -1.26. The summed E-state index contributed by atoms with van der Waals surface area (Å²) in [5.41, 5.74) is 0.881. The highest BCUT2D eigenvalue weighted by Gasteiger charge is 1.88. The predicted octanol–water partition coefficient (Wildman–Crippen LogP) is -1.67. The Hall–Kier alpha value is -2.72. The molecule has 0 saturated heterocycles. The van der Waals surface area contributed by atoms with Gasteiger partial charge < -0.3 is 31.9 Å². The van der Waals surface area contributed by atoms with E-state index >= 15 is 0 Å². The summed E-state index contributed by atoms with van der Waals surface area (Å²) in [6.45, 7) is 0.208. The smallest absolute Gasteiger partial charge is 0.328 e. The van der Waals surface area contributed by atoms with Gasteiger partial charge in [0.25, 0.3) is 0 Å². The van der Waals surface area contributed by atoms with Crippen LogP contribution in [-0.4, -0.2) is 57.4 Å². The highest BCUT2D eigenvalue weighted by Crippen LogP contribution is 1.71. The Morgan fingerprint density at radius 1 is 0.700 bits per heavy atom. The summed E-state index contributed by atoms with van der Waals surface area (Å²) in [5, 5.41) is 31.2.